The lowest BCUT2D eigenvalue weighted by atomic mass is 10.1. The number of halogens is 1. The quantitative estimate of drug-likeness (QED) is 0.435. The van der Waals surface area contributed by atoms with Crippen LogP contribution in [0.2, 0.25) is 0 Å². The summed E-state index contributed by atoms with van der Waals surface area (Å²) in [4.78, 5) is 4.53. The van der Waals surface area contributed by atoms with E-state index >= 15 is 0 Å². The van der Waals surface area contributed by atoms with Crippen LogP contribution in [0.15, 0.2) is 4.99 Å². The van der Waals surface area contributed by atoms with E-state index in [9.17, 15) is 0 Å². The van der Waals surface area contributed by atoms with Gasteiger partial charge in [-0.15, -0.1) is 24.0 Å². The van der Waals surface area contributed by atoms with E-state index in [0.717, 1.165) is 25.0 Å². The van der Waals surface area contributed by atoms with Crippen molar-refractivity contribution in [1.82, 2.24) is 10.6 Å². The molecule has 0 aromatic carbocycles. The third-order valence-corrected chi connectivity index (χ3v) is 2.77. The van der Waals surface area contributed by atoms with Gasteiger partial charge in [0.15, 0.2) is 5.96 Å². The first-order valence-electron chi connectivity index (χ1n) is 6.14. The maximum Gasteiger partial charge on any atom is 0.191 e. The van der Waals surface area contributed by atoms with Gasteiger partial charge in [-0.25, -0.2) is 0 Å². The average Bonchev–Trinajstić information content (AvgIpc) is 3.06. The van der Waals surface area contributed by atoms with Gasteiger partial charge in [0.05, 0.1) is 12.1 Å². The van der Waals surface area contributed by atoms with E-state index in [1.807, 2.05) is 13.8 Å². The van der Waals surface area contributed by atoms with Gasteiger partial charge in [0, 0.05) is 20.2 Å². The lowest BCUT2D eigenvalue weighted by Crippen LogP contribution is -2.40. The maximum absolute atomic E-state index is 5.34. The molecule has 2 N–H and O–H groups in total. The minimum atomic E-state index is -0.193. The normalized spacial score (nSPS) is 16.4. The summed E-state index contributed by atoms with van der Waals surface area (Å²) in [7, 11) is 1.72. The molecule has 1 aliphatic carbocycles. The number of rotatable bonds is 6. The average molecular weight is 355 g/mol. The summed E-state index contributed by atoms with van der Waals surface area (Å²) in [5.74, 6) is 1.76. The summed E-state index contributed by atoms with van der Waals surface area (Å²) in [5.41, 5.74) is -0.193. The Hall–Kier alpha value is -0.0400. The Balaban J connectivity index is 0.00000256. The molecule has 0 amide bonds. The zero-order valence-corrected chi connectivity index (χ0v) is 13.7. The van der Waals surface area contributed by atoms with E-state index in [2.05, 4.69) is 22.5 Å². The topological polar surface area (TPSA) is 45.7 Å². The summed E-state index contributed by atoms with van der Waals surface area (Å²) in [6.07, 6.45) is 2.71. The zero-order valence-electron chi connectivity index (χ0n) is 11.4. The van der Waals surface area contributed by atoms with E-state index in [0.29, 0.717) is 6.54 Å². The van der Waals surface area contributed by atoms with Crippen LogP contribution in [0.3, 0.4) is 0 Å². The molecular weight excluding hydrogens is 329 g/mol. The smallest absolute Gasteiger partial charge is 0.191 e. The minimum absolute atomic E-state index is 0. The molecule has 0 bridgehead atoms. The lowest BCUT2D eigenvalue weighted by Gasteiger charge is -2.21. The van der Waals surface area contributed by atoms with Gasteiger partial charge in [-0.3, -0.25) is 4.99 Å². The maximum atomic E-state index is 5.34. The molecule has 0 saturated heterocycles. The summed E-state index contributed by atoms with van der Waals surface area (Å²) in [6.45, 7) is 8.77. The van der Waals surface area contributed by atoms with Crippen molar-refractivity contribution in [3.8, 4) is 0 Å². The highest BCUT2D eigenvalue weighted by molar-refractivity contribution is 14.0. The van der Waals surface area contributed by atoms with E-state index in [4.69, 9.17) is 4.74 Å². The Bertz CT molecular complexity index is 240. The number of aliphatic imine (C=N–C) groups is 1. The number of nitrogens with one attached hydrogen (secondary N) is 2. The summed E-state index contributed by atoms with van der Waals surface area (Å²) in [6, 6.07) is 0. The van der Waals surface area contributed by atoms with Crippen LogP contribution in [0.5, 0.6) is 0 Å². The Morgan fingerprint density at radius 1 is 1.35 bits per heavy atom. The lowest BCUT2D eigenvalue weighted by molar-refractivity contribution is 0.0310. The molecule has 102 valence electrons. The van der Waals surface area contributed by atoms with Gasteiger partial charge in [0.2, 0.25) is 0 Å². The molecule has 5 heteroatoms. The molecule has 0 aromatic heterocycles. The van der Waals surface area contributed by atoms with Crippen LogP contribution in [-0.4, -0.2) is 38.3 Å². The highest BCUT2D eigenvalue weighted by atomic mass is 127. The standard InChI is InChI=1S/C12H25N3O.HI/c1-5-13-11(14-8-10-6-7-10)15-9-12(2,3)16-4;/h10H,5-9H2,1-4H3,(H2,13,14,15);1H. The van der Waals surface area contributed by atoms with Gasteiger partial charge in [-0.1, -0.05) is 0 Å². The molecule has 1 rings (SSSR count). The molecule has 0 atom stereocenters. The van der Waals surface area contributed by atoms with Gasteiger partial charge in [-0.05, 0) is 39.5 Å². The van der Waals surface area contributed by atoms with Crippen molar-refractivity contribution in [3.05, 3.63) is 0 Å². The second-order valence-corrected chi connectivity index (χ2v) is 4.98. The van der Waals surface area contributed by atoms with Crippen LogP contribution in [-0.2, 0) is 4.74 Å². The van der Waals surface area contributed by atoms with E-state index in [-0.39, 0.29) is 29.6 Å². The first-order valence-corrected chi connectivity index (χ1v) is 6.14. The number of guanidine groups is 1. The Morgan fingerprint density at radius 3 is 2.47 bits per heavy atom. The van der Waals surface area contributed by atoms with Crippen LogP contribution in [0.4, 0.5) is 0 Å². The second kappa shape index (κ2) is 8.13. The van der Waals surface area contributed by atoms with Crippen molar-refractivity contribution < 1.29 is 4.74 Å². The fourth-order valence-electron chi connectivity index (χ4n) is 1.24. The van der Waals surface area contributed by atoms with Crippen molar-refractivity contribution in [2.75, 3.05) is 26.7 Å². The van der Waals surface area contributed by atoms with Gasteiger partial charge >= 0.3 is 0 Å². The molecule has 0 spiro atoms. The van der Waals surface area contributed by atoms with Crippen molar-refractivity contribution >= 4 is 29.9 Å². The molecule has 0 radical (unpaired) electrons. The molecule has 0 unspecified atom stereocenters. The van der Waals surface area contributed by atoms with Crippen LogP contribution in [0, 0.1) is 5.92 Å². The number of ether oxygens (including phenoxy) is 1. The first-order chi connectivity index (χ1) is 7.57. The van der Waals surface area contributed by atoms with Crippen molar-refractivity contribution in [1.29, 1.82) is 0 Å². The molecule has 1 saturated carbocycles. The number of methoxy groups -OCH3 is 1. The van der Waals surface area contributed by atoms with E-state index in [1.165, 1.54) is 12.8 Å². The highest BCUT2D eigenvalue weighted by Gasteiger charge is 2.21. The fraction of sp³-hybridized carbons (Fsp3) is 0.917. The predicted molar refractivity (Wildman–Crippen MR) is 83.2 cm³/mol. The number of hydrogen-bond donors (Lipinski definition) is 2. The van der Waals surface area contributed by atoms with Crippen molar-refractivity contribution in [2.45, 2.75) is 39.2 Å². The number of nitrogens with zero attached hydrogens (tertiary/aromatic N) is 1. The van der Waals surface area contributed by atoms with Crippen LogP contribution >= 0.6 is 24.0 Å². The van der Waals surface area contributed by atoms with Gasteiger partial charge < -0.3 is 15.4 Å². The predicted octanol–water partition coefficient (Wildman–Crippen LogP) is 1.99. The molecule has 1 fully saturated rings. The molecule has 4 nitrogen and oxygen atoms in total. The zero-order chi connectivity index (χ0) is 12.0. The minimum Gasteiger partial charge on any atom is -0.377 e. The Morgan fingerprint density at radius 2 is 2.00 bits per heavy atom. The summed E-state index contributed by atoms with van der Waals surface area (Å²) >= 11 is 0. The van der Waals surface area contributed by atoms with E-state index < -0.39 is 0 Å². The third-order valence-electron chi connectivity index (χ3n) is 2.77. The Kier molecular flexibility index (Phi) is 8.11. The molecular formula is C12H26IN3O. The molecule has 1 aliphatic rings. The second-order valence-electron chi connectivity index (χ2n) is 4.98. The number of hydrogen-bond acceptors (Lipinski definition) is 2. The van der Waals surface area contributed by atoms with Crippen molar-refractivity contribution in [3.63, 3.8) is 0 Å². The van der Waals surface area contributed by atoms with Gasteiger partial charge in [0.25, 0.3) is 0 Å². The molecule has 0 heterocycles. The van der Waals surface area contributed by atoms with Crippen LogP contribution < -0.4 is 10.6 Å². The van der Waals surface area contributed by atoms with E-state index in [1.54, 1.807) is 7.11 Å². The monoisotopic (exact) mass is 355 g/mol. The van der Waals surface area contributed by atoms with Crippen LogP contribution in [0.25, 0.3) is 0 Å². The molecule has 0 aliphatic heterocycles. The fourth-order valence-corrected chi connectivity index (χ4v) is 1.24. The summed E-state index contributed by atoms with van der Waals surface area (Å²) in [5, 5.41) is 6.61. The van der Waals surface area contributed by atoms with Crippen molar-refractivity contribution in [2.24, 2.45) is 10.9 Å². The highest BCUT2D eigenvalue weighted by Crippen LogP contribution is 2.27. The Labute approximate surface area is 122 Å². The van der Waals surface area contributed by atoms with Gasteiger partial charge in [0.1, 0.15) is 0 Å². The SMILES string of the molecule is CCNC(=NCC(C)(C)OC)NCC1CC1.I. The third kappa shape index (κ3) is 7.81. The van der Waals surface area contributed by atoms with Crippen LogP contribution in [0.1, 0.15) is 33.6 Å². The molecule has 0 aromatic rings. The first kappa shape index (κ1) is 17.0. The molecule has 17 heavy (non-hydrogen) atoms. The van der Waals surface area contributed by atoms with Gasteiger partial charge in [-0.2, -0.15) is 0 Å². The summed E-state index contributed by atoms with van der Waals surface area (Å²) < 4.78 is 5.34. The largest absolute Gasteiger partial charge is 0.377 e.